The molecule has 0 rings (SSSR count). The van der Waals surface area contributed by atoms with E-state index in [1.165, 1.54) is 0 Å². The summed E-state index contributed by atoms with van der Waals surface area (Å²) in [6, 6.07) is 0. The van der Waals surface area contributed by atoms with Gasteiger partial charge >= 0.3 is 13.6 Å². The SMILES string of the molecule is O=C(O)[14CH2]NCP(=O)(O)O. The Morgan fingerprint density at radius 1 is 1.60 bits per heavy atom. The van der Waals surface area contributed by atoms with Gasteiger partial charge in [0.15, 0.2) is 0 Å². The molecule has 0 fully saturated rings. The fourth-order valence-corrected chi connectivity index (χ4v) is 0.712. The third-order valence-electron chi connectivity index (χ3n) is 0.594. The highest BCUT2D eigenvalue weighted by atomic mass is 31.2. The van der Waals surface area contributed by atoms with E-state index in [2.05, 4.69) is 5.32 Å². The monoisotopic (exact) mass is 171 g/mol. The molecule has 0 atom stereocenters. The summed E-state index contributed by atoms with van der Waals surface area (Å²) in [4.78, 5) is 26.1. The van der Waals surface area contributed by atoms with E-state index in [-0.39, 0.29) is 0 Å². The van der Waals surface area contributed by atoms with Gasteiger partial charge in [0, 0.05) is 0 Å². The highest BCUT2D eigenvalue weighted by Crippen LogP contribution is 2.31. The molecule has 4 N–H and O–H groups in total. The zero-order valence-corrected chi connectivity index (χ0v) is 5.91. The highest BCUT2D eigenvalue weighted by Gasteiger charge is 2.11. The van der Waals surface area contributed by atoms with Crippen LogP contribution in [0.2, 0.25) is 0 Å². The zero-order valence-electron chi connectivity index (χ0n) is 5.02. The predicted octanol–water partition coefficient (Wildman–Crippen LogP) is -1.20. The molecular formula is C3H8NO5P. The Bertz CT molecular complexity index is 162. The van der Waals surface area contributed by atoms with Crippen LogP contribution in [-0.2, 0) is 9.36 Å². The number of carboxylic acid groups (broad SMARTS) is 1. The molecule has 6 nitrogen and oxygen atoms in total. The van der Waals surface area contributed by atoms with Crippen molar-refractivity contribution >= 4 is 13.6 Å². The first-order valence-corrected chi connectivity index (χ1v) is 4.18. The number of nitrogens with one attached hydrogen (secondary N) is 1. The number of hydrogen-bond donors (Lipinski definition) is 4. The molecule has 0 saturated heterocycles. The van der Waals surface area contributed by atoms with Crippen LogP contribution in [0.25, 0.3) is 0 Å². The Labute approximate surface area is 57.0 Å². The summed E-state index contributed by atoms with van der Waals surface area (Å²) in [5.74, 6) is -1.14. The Kier molecular flexibility index (Phi) is 3.52. The highest BCUT2D eigenvalue weighted by molar-refractivity contribution is 7.51. The van der Waals surface area contributed by atoms with Gasteiger partial charge in [0.25, 0.3) is 0 Å². The fraction of sp³-hybridized carbons (Fsp3) is 0.667. The first-order chi connectivity index (χ1) is 4.42. The molecule has 0 aromatic carbocycles. The van der Waals surface area contributed by atoms with Crippen LogP contribution in [0.4, 0.5) is 0 Å². The van der Waals surface area contributed by atoms with Crippen LogP contribution in [-0.4, -0.2) is 33.7 Å². The number of carboxylic acids is 1. The zero-order chi connectivity index (χ0) is 8.20. The first-order valence-electron chi connectivity index (χ1n) is 2.39. The molecule has 0 aromatic heterocycles. The minimum Gasteiger partial charge on any atom is -0.480 e. The summed E-state index contributed by atoms with van der Waals surface area (Å²) >= 11 is 0. The lowest BCUT2D eigenvalue weighted by molar-refractivity contribution is -0.135. The van der Waals surface area contributed by atoms with E-state index in [0.717, 1.165) is 0 Å². The van der Waals surface area contributed by atoms with Crippen molar-refractivity contribution in [2.24, 2.45) is 0 Å². The van der Waals surface area contributed by atoms with Crippen LogP contribution in [0.5, 0.6) is 0 Å². The van der Waals surface area contributed by atoms with E-state index in [4.69, 9.17) is 14.9 Å². The van der Waals surface area contributed by atoms with Gasteiger partial charge in [-0.05, 0) is 0 Å². The molecule has 0 bridgehead atoms. The second-order valence-corrected chi connectivity index (χ2v) is 3.29. The van der Waals surface area contributed by atoms with Crippen LogP contribution >= 0.6 is 7.60 Å². The molecule has 0 unspecified atom stereocenters. The number of aliphatic carboxylic acids is 1. The van der Waals surface area contributed by atoms with Gasteiger partial charge < -0.3 is 14.9 Å². The van der Waals surface area contributed by atoms with Crippen LogP contribution in [0.3, 0.4) is 0 Å². The van der Waals surface area contributed by atoms with E-state index in [9.17, 15) is 9.36 Å². The molecule has 0 aromatic rings. The largest absolute Gasteiger partial charge is 0.480 e. The summed E-state index contributed by atoms with van der Waals surface area (Å²) in [7, 11) is -4.10. The molecule has 0 aliphatic carbocycles. The second kappa shape index (κ2) is 3.68. The number of hydrogen-bond acceptors (Lipinski definition) is 3. The Balaban J connectivity index is 3.39. The molecule has 60 valence electrons. The van der Waals surface area contributed by atoms with E-state index < -0.39 is 26.4 Å². The summed E-state index contributed by atoms with van der Waals surface area (Å²) in [5.41, 5.74) is 0. The quantitative estimate of drug-likeness (QED) is 0.395. The molecule has 0 aliphatic heterocycles. The van der Waals surface area contributed by atoms with Gasteiger partial charge in [-0.15, -0.1) is 0 Å². The lowest BCUT2D eigenvalue weighted by Gasteiger charge is -2.02. The number of rotatable bonds is 4. The minimum atomic E-state index is -4.10. The Morgan fingerprint density at radius 3 is 2.40 bits per heavy atom. The molecule has 0 saturated carbocycles. The van der Waals surface area contributed by atoms with Crippen molar-refractivity contribution in [2.75, 3.05) is 12.8 Å². The van der Waals surface area contributed by atoms with Crippen LogP contribution < -0.4 is 5.32 Å². The third kappa shape index (κ3) is 7.58. The fourth-order valence-electron chi connectivity index (χ4n) is 0.308. The summed E-state index contributed by atoms with van der Waals surface area (Å²) in [6.45, 7) is -0.439. The maximum Gasteiger partial charge on any atom is 0.339 e. The van der Waals surface area contributed by atoms with E-state index in [1.807, 2.05) is 0 Å². The maximum atomic E-state index is 10.1. The molecule has 0 heterocycles. The van der Waals surface area contributed by atoms with Crippen molar-refractivity contribution in [2.45, 2.75) is 0 Å². The maximum absolute atomic E-state index is 10.1. The predicted molar refractivity (Wildman–Crippen MR) is 32.5 cm³/mol. The van der Waals surface area contributed by atoms with Crippen LogP contribution in [0.15, 0.2) is 0 Å². The van der Waals surface area contributed by atoms with Crippen molar-refractivity contribution in [1.29, 1.82) is 0 Å². The first kappa shape index (κ1) is 9.58. The summed E-state index contributed by atoms with van der Waals surface area (Å²) in [5, 5.41) is 10.1. The van der Waals surface area contributed by atoms with Gasteiger partial charge in [0.05, 0.1) is 12.8 Å². The molecule has 7 heteroatoms. The average Bonchev–Trinajstić information content (AvgIpc) is 1.59. The van der Waals surface area contributed by atoms with Crippen LogP contribution in [0, 0.1) is 0 Å². The van der Waals surface area contributed by atoms with Gasteiger partial charge in [-0.2, -0.15) is 0 Å². The Hall–Kier alpha value is -0.420. The van der Waals surface area contributed by atoms with Gasteiger partial charge in [-0.1, -0.05) is 0 Å². The molecule has 0 radical (unpaired) electrons. The molecule has 10 heavy (non-hydrogen) atoms. The minimum absolute atomic E-state index is 0.439. The summed E-state index contributed by atoms with van der Waals surface area (Å²) < 4.78 is 10.1. The van der Waals surface area contributed by atoms with Crippen LogP contribution in [0.1, 0.15) is 0 Å². The van der Waals surface area contributed by atoms with Gasteiger partial charge in [0.1, 0.15) is 0 Å². The number of carbonyl (C=O) groups is 1. The molecule has 0 spiro atoms. The van der Waals surface area contributed by atoms with E-state index in [0.29, 0.717) is 0 Å². The van der Waals surface area contributed by atoms with Gasteiger partial charge in [-0.3, -0.25) is 14.7 Å². The third-order valence-corrected chi connectivity index (χ3v) is 1.23. The standard InChI is InChI=1S/C3H8NO5P/c5-3(6)1-4-2-10(7,8)9/h4H,1-2H2,(H,5,6)(H2,7,8,9)/i1+2. The van der Waals surface area contributed by atoms with E-state index in [1.54, 1.807) is 0 Å². The van der Waals surface area contributed by atoms with Gasteiger partial charge in [0.2, 0.25) is 0 Å². The molecule has 0 aliphatic rings. The average molecular weight is 171 g/mol. The second-order valence-electron chi connectivity index (χ2n) is 1.64. The smallest absolute Gasteiger partial charge is 0.339 e. The normalized spacial score (nSPS) is 11.4. The summed E-state index contributed by atoms with van der Waals surface area (Å²) in [6.07, 6.45) is -0.598. The molecular weight excluding hydrogens is 163 g/mol. The van der Waals surface area contributed by atoms with Crippen molar-refractivity contribution in [3.8, 4) is 0 Å². The van der Waals surface area contributed by atoms with Crippen molar-refractivity contribution < 1.29 is 24.3 Å². The molecule has 0 amide bonds. The van der Waals surface area contributed by atoms with Gasteiger partial charge in [-0.25, -0.2) is 0 Å². The lowest BCUT2D eigenvalue weighted by atomic mass is 11.2. The van der Waals surface area contributed by atoms with E-state index >= 15 is 0 Å². The van der Waals surface area contributed by atoms with Crippen molar-refractivity contribution in [3.05, 3.63) is 0 Å². The topological polar surface area (TPSA) is 107 Å². The Morgan fingerprint density at radius 2 is 2.10 bits per heavy atom. The van der Waals surface area contributed by atoms with Crippen molar-refractivity contribution in [3.63, 3.8) is 0 Å². The lowest BCUT2D eigenvalue weighted by Crippen LogP contribution is -2.23. The van der Waals surface area contributed by atoms with Crippen molar-refractivity contribution in [1.82, 2.24) is 5.32 Å².